The summed E-state index contributed by atoms with van der Waals surface area (Å²) in [5.41, 5.74) is 8.51. The number of hydrogen-bond acceptors (Lipinski definition) is 2. The average Bonchev–Trinajstić information content (AvgIpc) is 2.01. The molecule has 1 rings (SSSR count). The number of nitrogen functional groups attached to an aromatic ring is 1. The lowest BCUT2D eigenvalue weighted by Crippen LogP contribution is -2.05. The van der Waals surface area contributed by atoms with E-state index in [1.54, 1.807) is 0 Å². The Bertz CT molecular complexity index is 307. The molecule has 1 atom stereocenters. The first kappa shape index (κ1) is 11.1. The Morgan fingerprint density at radius 3 is 2.50 bits per heavy atom. The number of benzene rings is 1. The Morgan fingerprint density at radius 2 is 2.00 bits per heavy atom. The van der Waals surface area contributed by atoms with Crippen molar-refractivity contribution >= 4 is 5.69 Å². The second kappa shape index (κ2) is 4.47. The van der Waals surface area contributed by atoms with E-state index in [0.717, 1.165) is 17.5 Å². The summed E-state index contributed by atoms with van der Waals surface area (Å²) >= 11 is 0. The van der Waals surface area contributed by atoms with Crippen molar-refractivity contribution in [2.75, 3.05) is 5.73 Å². The van der Waals surface area contributed by atoms with Crippen LogP contribution in [-0.4, -0.2) is 5.11 Å². The van der Waals surface area contributed by atoms with Gasteiger partial charge in [-0.05, 0) is 30.9 Å². The Labute approximate surface area is 85.8 Å². The molecule has 2 nitrogen and oxygen atoms in total. The van der Waals surface area contributed by atoms with Gasteiger partial charge >= 0.3 is 0 Å². The highest BCUT2D eigenvalue weighted by atomic mass is 16.3. The minimum Gasteiger partial charge on any atom is -0.398 e. The summed E-state index contributed by atoms with van der Waals surface area (Å²) in [4.78, 5) is 0. The lowest BCUT2D eigenvalue weighted by atomic mass is 9.97. The van der Waals surface area contributed by atoms with Crippen LogP contribution < -0.4 is 5.73 Å². The average molecular weight is 193 g/mol. The second-order valence-corrected chi connectivity index (χ2v) is 4.28. The maximum absolute atomic E-state index is 9.88. The molecule has 0 spiro atoms. The number of hydrogen-bond donors (Lipinski definition) is 2. The molecule has 0 aliphatic rings. The van der Waals surface area contributed by atoms with Gasteiger partial charge < -0.3 is 10.8 Å². The summed E-state index contributed by atoms with van der Waals surface area (Å²) in [7, 11) is 0. The van der Waals surface area contributed by atoms with E-state index in [2.05, 4.69) is 13.8 Å². The minimum atomic E-state index is -0.435. The predicted molar refractivity (Wildman–Crippen MR) is 60.0 cm³/mol. The van der Waals surface area contributed by atoms with E-state index in [1.165, 1.54) is 0 Å². The lowest BCUT2D eigenvalue weighted by Gasteiger charge is -2.15. The highest BCUT2D eigenvalue weighted by Crippen LogP contribution is 2.26. The van der Waals surface area contributed by atoms with Crippen LogP contribution in [0, 0.1) is 12.8 Å². The van der Waals surface area contributed by atoms with Gasteiger partial charge in [-0.3, -0.25) is 0 Å². The van der Waals surface area contributed by atoms with Gasteiger partial charge in [-0.1, -0.05) is 26.0 Å². The molecular weight excluding hydrogens is 174 g/mol. The van der Waals surface area contributed by atoms with Gasteiger partial charge in [0.15, 0.2) is 0 Å². The monoisotopic (exact) mass is 193 g/mol. The molecule has 2 heteroatoms. The fraction of sp³-hybridized carbons (Fsp3) is 0.500. The standard InChI is InChI=1S/C12H19NO/c1-8(2)6-12(14)10-5-4-9(3)7-11(10)13/h4-5,7-8,12,14H,6,13H2,1-3H3. The van der Waals surface area contributed by atoms with Crippen LogP contribution in [0.4, 0.5) is 5.69 Å². The molecule has 0 saturated heterocycles. The molecule has 0 aliphatic heterocycles. The van der Waals surface area contributed by atoms with Crippen LogP contribution in [0.2, 0.25) is 0 Å². The van der Waals surface area contributed by atoms with Crippen LogP contribution in [0.15, 0.2) is 18.2 Å². The van der Waals surface area contributed by atoms with Crippen molar-refractivity contribution in [2.24, 2.45) is 5.92 Å². The highest BCUT2D eigenvalue weighted by molar-refractivity contribution is 5.50. The Morgan fingerprint density at radius 1 is 1.36 bits per heavy atom. The first-order valence-electron chi connectivity index (χ1n) is 5.04. The van der Waals surface area contributed by atoms with Crippen molar-refractivity contribution in [3.8, 4) is 0 Å². The summed E-state index contributed by atoms with van der Waals surface area (Å²) in [6, 6.07) is 5.80. The maximum Gasteiger partial charge on any atom is 0.0812 e. The molecule has 0 fully saturated rings. The fourth-order valence-corrected chi connectivity index (χ4v) is 1.57. The van der Waals surface area contributed by atoms with Crippen LogP contribution in [0.1, 0.15) is 37.5 Å². The molecule has 3 N–H and O–H groups in total. The van der Waals surface area contributed by atoms with Gasteiger partial charge in [-0.25, -0.2) is 0 Å². The second-order valence-electron chi connectivity index (χ2n) is 4.28. The molecule has 0 aromatic heterocycles. The van der Waals surface area contributed by atoms with Crippen LogP contribution in [-0.2, 0) is 0 Å². The summed E-state index contributed by atoms with van der Waals surface area (Å²) in [6.07, 6.45) is 0.323. The molecule has 0 bridgehead atoms. The van der Waals surface area contributed by atoms with Gasteiger partial charge in [0.1, 0.15) is 0 Å². The van der Waals surface area contributed by atoms with E-state index < -0.39 is 6.10 Å². The zero-order chi connectivity index (χ0) is 10.7. The summed E-state index contributed by atoms with van der Waals surface area (Å²) < 4.78 is 0. The molecule has 0 aliphatic carbocycles. The Hall–Kier alpha value is -1.02. The quantitative estimate of drug-likeness (QED) is 0.725. The maximum atomic E-state index is 9.88. The SMILES string of the molecule is Cc1ccc(C(O)CC(C)C)c(N)c1. The van der Waals surface area contributed by atoms with E-state index >= 15 is 0 Å². The smallest absolute Gasteiger partial charge is 0.0812 e. The summed E-state index contributed by atoms with van der Waals surface area (Å²) in [6.45, 7) is 6.18. The third kappa shape index (κ3) is 2.74. The number of anilines is 1. The molecule has 0 amide bonds. The summed E-state index contributed by atoms with van der Waals surface area (Å²) in [5, 5.41) is 9.88. The molecule has 0 radical (unpaired) electrons. The topological polar surface area (TPSA) is 46.2 Å². The Kier molecular flexibility index (Phi) is 3.53. The van der Waals surface area contributed by atoms with E-state index in [4.69, 9.17) is 5.73 Å². The van der Waals surface area contributed by atoms with Gasteiger partial charge in [-0.2, -0.15) is 0 Å². The van der Waals surface area contributed by atoms with Crippen molar-refractivity contribution in [1.82, 2.24) is 0 Å². The van der Waals surface area contributed by atoms with Gasteiger partial charge in [0.25, 0.3) is 0 Å². The first-order chi connectivity index (χ1) is 6.50. The van der Waals surface area contributed by atoms with Crippen LogP contribution in [0.25, 0.3) is 0 Å². The van der Waals surface area contributed by atoms with Crippen molar-refractivity contribution in [2.45, 2.75) is 33.3 Å². The van der Waals surface area contributed by atoms with Crippen LogP contribution >= 0.6 is 0 Å². The third-order valence-electron chi connectivity index (χ3n) is 2.30. The predicted octanol–water partition coefficient (Wildman–Crippen LogP) is 2.66. The first-order valence-corrected chi connectivity index (χ1v) is 5.04. The van der Waals surface area contributed by atoms with E-state index in [9.17, 15) is 5.11 Å². The number of aliphatic hydroxyl groups excluding tert-OH is 1. The van der Waals surface area contributed by atoms with E-state index in [-0.39, 0.29) is 0 Å². The molecular formula is C12H19NO. The van der Waals surface area contributed by atoms with Crippen molar-refractivity contribution in [1.29, 1.82) is 0 Å². The van der Waals surface area contributed by atoms with Gasteiger partial charge in [-0.15, -0.1) is 0 Å². The molecule has 0 heterocycles. The molecule has 78 valence electrons. The van der Waals surface area contributed by atoms with Crippen molar-refractivity contribution in [3.63, 3.8) is 0 Å². The van der Waals surface area contributed by atoms with E-state index in [0.29, 0.717) is 11.6 Å². The molecule has 1 aromatic rings. The zero-order valence-electron chi connectivity index (χ0n) is 9.12. The van der Waals surface area contributed by atoms with Gasteiger partial charge in [0.2, 0.25) is 0 Å². The van der Waals surface area contributed by atoms with Gasteiger partial charge in [0, 0.05) is 11.3 Å². The van der Waals surface area contributed by atoms with E-state index in [1.807, 2.05) is 25.1 Å². The lowest BCUT2D eigenvalue weighted by molar-refractivity contribution is 0.152. The highest BCUT2D eigenvalue weighted by Gasteiger charge is 2.12. The zero-order valence-corrected chi connectivity index (χ0v) is 9.12. The molecule has 0 saturated carbocycles. The van der Waals surface area contributed by atoms with Crippen LogP contribution in [0.3, 0.4) is 0 Å². The van der Waals surface area contributed by atoms with Crippen molar-refractivity contribution in [3.05, 3.63) is 29.3 Å². The summed E-state index contributed by atoms with van der Waals surface area (Å²) in [5.74, 6) is 0.478. The normalized spacial score (nSPS) is 13.2. The van der Waals surface area contributed by atoms with Crippen LogP contribution in [0.5, 0.6) is 0 Å². The Balaban J connectivity index is 2.84. The minimum absolute atomic E-state index is 0.435. The molecule has 1 aromatic carbocycles. The number of rotatable bonds is 3. The molecule has 1 unspecified atom stereocenters. The third-order valence-corrected chi connectivity index (χ3v) is 2.30. The number of aliphatic hydroxyl groups is 1. The number of aryl methyl sites for hydroxylation is 1. The van der Waals surface area contributed by atoms with Gasteiger partial charge in [0.05, 0.1) is 6.10 Å². The fourth-order valence-electron chi connectivity index (χ4n) is 1.57. The molecule has 14 heavy (non-hydrogen) atoms. The van der Waals surface area contributed by atoms with Crippen molar-refractivity contribution < 1.29 is 5.11 Å². The number of nitrogens with two attached hydrogens (primary N) is 1. The largest absolute Gasteiger partial charge is 0.398 e.